The van der Waals surface area contributed by atoms with Crippen molar-refractivity contribution < 1.29 is 9.53 Å². The lowest BCUT2D eigenvalue weighted by Crippen LogP contribution is -2.29. The van der Waals surface area contributed by atoms with E-state index in [0.717, 1.165) is 25.2 Å². The number of anilines is 1. The fourth-order valence-corrected chi connectivity index (χ4v) is 2.90. The molecule has 20 heavy (non-hydrogen) atoms. The molecule has 0 bridgehead atoms. The molecule has 2 aliphatic heterocycles. The average molecular weight is 275 g/mol. The molecule has 2 fully saturated rings. The van der Waals surface area contributed by atoms with Gasteiger partial charge in [-0.05, 0) is 57.3 Å². The van der Waals surface area contributed by atoms with Gasteiger partial charge in [-0.3, -0.25) is 4.90 Å². The van der Waals surface area contributed by atoms with Crippen molar-refractivity contribution >= 4 is 11.9 Å². The SMILES string of the molecule is CC1CN(c2cccc(CC3CCNCC3)n2)C(=O)O1. The first-order chi connectivity index (χ1) is 9.72. The normalized spacial score (nSPS) is 23.9. The van der Waals surface area contributed by atoms with Crippen LogP contribution in [0.3, 0.4) is 0 Å². The number of carbonyl (C=O) groups is 1. The summed E-state index contributed by atoms with van der Waals surface area (Å²) in [4.78, 5) is 18.0. The summed E-state index contributed by atoms with van der Waals surface area (Å²) in [6, 6.07) is 5.91. The Bertz CT molecular complexity index is 486. The van der Waals surface area contributed by atoms with Crippen LogP contribution in [0.5, 0.6) is 0 Å². The van der Waals surface area contributed by atoms with E-state index in [2.05, 4.69) is 16.4 Å². The Hall–Kier alpha value is -1.62. The Morgan fingerprint density at radius 3 is 2.90 bits per heavy atom. The van der Waals surface area contributed by atoms with Crippen LogP contribution in [-0.2, 0) is 11.2 Å². The largest absolute Gasteiger partial charge is 0.444 e. The van der Waals surface area contributed by atoms with Crippen LogP contribution < -0.4 is 10.2 Å². The molecule has 1 aromatic rings. The van der Waals surface area contributed by atoms with Crippen molar-refractivity contribution in [2.45, 2.75) is 32.3 Å². The van der Waals surface area contributed by atoms with Gasteiger partial charge in [0.25, 0.3) is 0 Å². The number of nitrogens with zero attached hydrogens (tertiary/aromatic N) is 2. The molecule has 0 saturated carbocycles. The summed E-state index contributed by atoms with van der Waals surface area (Å²) >= 11 is 0. The molecular weight excluding hydrogens is 254 g/mol. The summed E-state index contributed by atoms with van der Waals surface area (Å²) in [5.74, 6) is 1.41. The zero-order valence-electron chi connectivity index (χ0n) is 11.8. The Labute approximate surface area is 119 Å². The van der Waals surface area contributed by atoms with Crippen LogP contribution in [-0.4, -0.2) is 36.8 Å². The molecule has 1 unspecified atom stereocenters. The summed E-state index contributed by atoms with van der Waals surface area (Å²) in [5, 5.41) is 3.38. The number of ether oxygens (including phenoxy) is 1. The van der Waals surface area contributed by atoms with Gasteiger partial charge in [0.2, 0.25) is 0 Å². The molecule has 3 heterocycles. The quantitative estimate of drug-likeness (QED) is 0.916. The first-order valence-electron chi connectivity index (χ1n) is 7.37. The Morgan fingerprint density at radius 1 is 1.40 bits per heavy atom. The number of aromatic nitrogens is 1. The highest BCUT2D eigenvalue weighted by molar-refractivity contribution is 5.88. The molecule has 2 saturated heterocycles. The molecule has 1 N–H and O–H groups in total. The summed E-state index contributed by atoms with van der Waals surface area (Å²) in [5.41, 5.74) is 1.07. The Kier molecular flexibility index (Phi) is 3.87. The van der Waals surface area contributed by atoms with Crippen LogP contribution >= 0.6 is 0 Å². The van der Waals surface area contributed by atoms with Crippen LogP contribution in [0.1, 0.15) is 25.5 Å². The predicted molar refractivity (Wildman–Crippen MR) is 76.8 cm³/mol. The van der Waals surface area contributed by atoms with E-state index >= 15 is 0 Å². The first kappa shape index (κ1) is 13.4. The van der Waals surface area contributed by atoms with E-state index in [1.54, 1.807) is 4.90 Å². The lowest BCUT2D eigenvalue weighted by molar-refractivity contribution is 0.150. The van der Waals surface area contributed by atoms with Gasteiger partial charge in [0.15, 0.2) is 0 Å². The molecule has 1 aromatic heterocycles. The number of hydrogen-bond donors (Lipinski definition) is 1. The number of cyclic esters (lactones) is 1. The highest BCUT2D eigenvalue weighted by Crippen LogP contribution is 2.22. The van der Waals surface area contributed by atoms with Gasteiger partial charge in [0.1, 0.15) is 11.9 Å². The zero-order valence-corrected chi connectivity index (χ0v) is 11.8. The van der Waals surface area contributed by atoms with Crippen molar-refractivity contribution in [2.24, 2.45) is 5.92 Å². The maximum absolute atomic E-state index is 11.7. The van der Waals surface area contributed by atoms with Crippen molar-refractivity contribution in [3.05, 3.63) is 23.9 Å². The van der Waals surface area contributed by atoms with Crippen LogP contribution in [0, 0.1) is 5.92 Å². The molecule has 2 aliphatic rings. The van der Waals surface area contributed by atoms with Crippen molar-refractivity contribution in [3.63, 3.8) is 0 Å². The average Bonchev–Trinajstić information content (AvgIpc) is 2.79. The highest BCUT2D eigenvalue weighted by atomic mass is 16.6. The van der Waals surface area contributed by atoms with Crippen molar-refractivity contribution in [1.29, 1.82) is 0 Å². The number of pyridine rings is 1. The van der Waals surface area contributed by atoms with E-state index in [4.69, 9.17) is 4.74 Å². The summed E-state index contributed by atoms with van der Waals surface area (Å²) in [7, 11) is 0. The minimum Gasteiger partial charge on any atom is -0.444 e. The number of nitrogens with one attached hydrogen (secondary N) is 1. The van der Waals surface area contributed by atoms with E-state index in [9.17, 15) is 4.79 Å². The minimum absolute atomic E-state index is 0.0580. The second kappa shape index (κ2) is 5.79. The van der Waals surface area contributed by atoms with E-state index in [-0.39, 0.29) is 12.2 Å². The molecule has 1 amide bonds. The van der Waals surface area contributed by atoms with Gasteiger partial charge in [0.05, 0.1) is 6.54 Å². The number of hydrogen-bond acceptors (Lipinski definition) is 4. The highest BCUT2D eigenvalue weighted by Gasteiger charge is 2.30. The van der Waals surface area contributed by atoms with Gasteiger partial charge >= 0.3 is 6.09 Å². The number of piperidine rings is 1. The van der Waals surface area contributed by atoms with Gasteiger partial charge in [-0.1, -0.05) is 6.07 Å². The lowest BCUT2D eigenvalue weighted by atomic mass is 9.93. The third-order valence-electron chi connectivity index (χ3n) is 3.99. The van der Waals surface area contributed by atoms with Gasteiger partial charge in [-0.25, -0.2) is 9.78 Å². The maximum atomic E-state index is 11.7. The molecule has 108 valence electrons. The molecule has 3 rings (SSSR count). The smallest absolute Gasteiger partial charge is 0.415 e. The Balaban J connectivity index is 1.70. The molecule has 0 radical (unpaired) electrons. The third-order valence-corrected chi connectivity index (χ3v) is 3.99. The number of rotatable bonds is 3. The Morgan fingerprint density at radius 2 is 2.20 bits per heavy atom. The number of carbonyl (C=O) groups excluding carboxylic acids is 1. The summed E-state index contributed by atoms with van der Waals surface area (Å²) in [6.45, 7) is 4.68. The van der Waals surface area contributed by atoms with Crippen LogP contribution in [0.4, 0.5) is 10.6 Å². The molecule has 1 atom stereocenters. The molecule has 5 heteroatoms. The second-order valence-electron chi connectivity index (χ2n) is 5.69. The van der Waals surface area contributed by atoms with Crippen LogP contribution in [0.25, 0.3) is 0 Å². The third kappa shape index (κ3) is 2.93. The van der Waals surface area contributed by atoms with Gasteiger partial charge in [0, 0.05) is 5.69 Å². The summed E-state index contributed by atoms with van der Waals surface area (Å²) in [6.07, 6.45) is 3.05. The fraction of sp³-hybridized carbons (Fsp3) is 0.600. The van der Waals surface area contributed by atoms with Crippen LogP contribution in [0.2, 0.25) is 0 Å². The van der Waals surface area contributed by atoms with Crippen molar-refractivity contribution in [3.8, 4) is 0 Å². The van der Waals surface area contributed by atoms with E-state index in [0.29, 0.717) is 18.3 Å². The lowest BCUT2D eigenvalue weighted by Gasteiger charge is -2.22. The predicted octanol–water partition coefficient (Wildman–Crippen LogP) is 1.97. The van der Waals surface area contributed by atoms with E-state index in [1.807, 2.05) is 19.1 Å². The topological polar surface area (TPSA) is 54.5 Å². The molecule has 0 aliphatic carbocycles. The summed E-state index contributed by atoms with van der Waals surface area (Å²) < 4.78 is 5.16. The molecule has 5 nitrogen and oxygen atoms in total. The number of amides is 1. The zero-order chi connectivity index (χ0) is 13.9. The molecular formula is C15H21N3O2. The van der Waals surface area contributed by atoms with E-state index < -0.39 is 0 Å². The monoisotopic (exact) mass is 275 g/mol. The first-order valence-corrected chi connectivity index (χ1v) is 7.37. The van der Waals surface area contributed by atoms with Crippen molar-refractivity contribution in [1.82, 2.24) is 10.3 Å². The standard InChI is InChI=1S/C15H21N3O2/c1-11-10-18(15(19)20-11)14-4-2-3-13(17-14)9-12-5-7-16-8-6-12/h2-4,11-12,16H,5-10H2,1H3. The molecule has 0 spiro atoms. The minimum atomic E-state index is -0.288. The van der Waals surface area contributed by atoms with Gasteiger partial charge in [-0.2, -0.15) is 0 Å². The second-order valence-corrected chi connectivity index (χ2v) is 5.69. The van der Waals surface area contributed by atoms with Gasteiger partial charge in [-0.15, -0.1) is 0 Å². The van der Waals surface area contributed by atoms with Crippen LogP contribution in [0.15, 0.2) is 18.2 Å². The van der Waals surface area contributed by atoms with Gasteiger partial charge < -0.3 is 10.1 Å². The van der Waals surface area contributed by atoms with E-state index in [1.165, 1.54) is 12.8 Å². The molecule has 0 aromatic carbocycles. The van der Waals surface area contributed by atoms with Crippen molar-refractivity contribution in [2.75, 3.05) is 24.5 Å². The maximum Gasteiger partial charge on any atom is 0.415 e. The fourth-order valence-electron chi connectivity index (χ4n) is 2.90.